The molecule has 2 aliphatic heterocycles. The molecule has 0 amide bonds. The summed E-state index contributed by atoms with van der Waals surface area (Å²) in [5.74, 6) is 0. The summed E-state index contributed by atoms with van der Waals surface area (Å²) >= 11 is 43.7. The minimum absolute atomic E-state index is 0. The number of rotatable bonds is 24. The second-order valence-electron chi connectivity index (χ2n) is 23.6. The maximum atomic E-state index is 6.70. The van der Waals surface area contributed by atoms with Gasteiger partial charge in [-0.25, -0.2) is 9.98 Å². The molecule has 29 heteroatoms. The molecule has 3 aliphatic rings. The van der Waals surface area contributed by atoms with Gasteiger partial charge in [-0.3, -0.25) is 0 Å². The molecular formula is C80H60N4S24Zn. The quantitative estimate of drug-likeness (QED) is 0.0426. The van der Waals surface area contributed by atoms with Crippen LogP contribution in [0, 0.1) is 0 Å². The van der Waals surface area contributed by atoms with Crippen molar-refractivity contribution in [3.05, 3.63) is 218 Å². The fraction of sp³-hybridized carbons (Fsp3) is 0.150. The number of nitrogens with zero attached hydrogens (tertiary/aromatic N) is 4. The number of allylic oxidation sites excluding steroid dienone is 4. The topological polar surface area (TPSA) is 52.9 Å². The molecule has 8 bridgehead atoms. The summed E-state index contributed by atoms with van der Waals surface area (Å²) in [6, 6.07) is 56.3. The zero-order chi connectivity index (χ0) is 74.2. The first-order chi connectivity index (χ1) is 52.9. The van der Waals surface area contributed by atoms with Crippen LogP contribution in [0.3, 0.4) is 0 Å². The van der Waals surface area contributed by atoms with Crippen molar-refractivity contribution in [2.24, 2.45) is 9.98 Å². The van der Waals surface area contributed by atoms with Crippen molar-refractivity contribution in [1.82, 2.24) is 9.97 Å². The van der Waals surface area contributed by atoms with E-state index in [0.29, 0.717) is 0 Å². The Bertz CT molecular complexity index is 5790. The summed E-state index contributed by atoms with van der Waals surface area (Å²) in [7, 11) is 0. The predicted octanol–water partition coefficient (Wildman–Crippen LogP) is 29.4. The summed E-state index contributed by atoms with van der Waals surface area (Å²) in [5, 5.41) is 1.78. The van der Waals surface area contributed by atoms with Gasteiger partial charge >= 0.3 is 19.5 Å². The van der Waals surface area contributed by atoms with Gasteiger partial charge in [-0.15, -0.1) is 299 Å². The average molecular weight is 1910 g/mol. The second kappa shape index (κ2) is 35.2. The van der Waals surface area contributed by atoms with Crippen LogP contribution in [-0.4, -0.2) is 86.5 Å². The molecule has 0 saturated carbocycles. The van der Waals surface area contributed by atoms with E-state index in [9.17, 15) is 0 Å². The predicted molar refractivity (Wildman–Crippen MR) is 514 cm³/mol. The molecule has 546 valence electrons. The first kappa shape index (κ1) is 80.6. The fourth-order valence-electron chi connectivity index (χ4n) is 13.4. The van der Waals surface area contributed by atoms with E-state index in [1.54, 1.807) is 141 Å². The summed E-state index contributed by atoms with van der Waals surface area (Å²) in [6.45, 7) is 0. The van der Waals surface area contributed by atoms with Gasteiger partial charge in [0.05, 0.1) is 73.3 Å². The monoisotopic (exact) mass is 1910 g/mol. The molecule has 17 rings (SSSR count). The Morgan fingerprint density at radius 2 is 0.385 bits per heavy atom. The van der Waals surface area contributed by atoms with E-state index in [0.717, 1.165) is 170 Å². The number of hydrogen-bond acceptors (Lipinski definition) is 26. The van der Waals surface area contributed by atoms with Crippen LogP contribution in [0.25, 0.3) is 86.3 Å². The number of thioether (sulfide) groups is 12. The number of hydrogen-bond donors (Lipinski definition) is 0. The molecular weight excluding hydrogens is 1850 g/mol. The van der Waals surface area contributed by atoms with Gasteiger partial charge in [-0.1, -0.05) is 0 Å². The van der Waals surface area contributed by atoms with Gasteiger partial charge in [0.15, 0.2) is 0 Å². The van der Waals surface area contributed by atoms with E-state index < -0.39 is 0 Å². The van der Waals surface area contributed by atoms with Gasteiger partial charge in [0, 0.05) is 103 Å². The Morgan fingerprint density at radius 3 is 0.606 bits per heavy atom. The maximum Gasteiger partial charge on any atom is 2.00 e. The van der Waals surface area contributed by atoms with E-state index in [4.69, 9.17) is 20.0 Å². The zero-order valence-corrected chi connectivity index (χ0v) is 82.7. The Hall–Kier alpha value is -2.18. The number of aromatic nitrogens is 2. The van der Waals surface area contributed by atoms with Gasteiger partial charge in [0.1, 0.15) is 0 Å². The molecule has 0 radical (unpaired) electrons. The molecule has 0 unspecified atom stereocenters. The summed E-state index contributed by atoms with van der Waals surface area (Å²) in [5.41, 5.74) is 18.0. The molecule has 14 aromatic rings. The van der Waals surface area contributed by atoms with Crippen LogP contribution in [0.2, 0.25) is 0 Å². The average Bonchev–Trinajstić information content (AvgIpc) is 1.54. The van der Waals surface area contributed by atoms with Crippen molar-refractivity contribution >= 4 is 333 Å². The van der Waals surface area contributed by atoms with E-state index in [2.05, 4.69) is 221 Å². The molecule has 0 aromatic carbocycles. The van der Waals surface area contributed by atoms with Crippen molar-refractivity contribution in [3.8, 4) is 41.8 Å². The Morgan fingerprint density at radius 1 is 0.202 bits per heavy atom. The number of aliphatic imine (C=N–C) groups is 2. The van der Waals surface area contributed by atoms with Gasteiger partial charge in [0.25, 0.3) is 0 Å². The zero-order valence-electron chi connectivity index (χ0n) is 60.2. The molecule has 4 nitrogen and oxygen atoms in total. The molecule has 0 fully saturated rings. The number of fused-ring (bicyclic) bond motifs is 10. The van der Waals surface area contributed by atoms with E-state index in [-0.39, 0.29) is 19.5 Å². The third kappa shape index (κ3) is 15.2. The summed E-state index contributed by atoms with van der Waals surface area (Å²) in [4.78, 5) is 40.4. The van der Waals surface area contributed by atoms with Crippen LogP contribution in [-0.2, 0) is 19.5 Å². The molecule has 1 aliphatic carbocycles. The van der Waals surface area contributed by atoms with Crippen LogP contribution < -0.4 is 20.7 Å². The van der Waals surface area contributed by atoms with Crippen molar-refractivity contribution in [2.45, 2.75) is 50.5 Å². The molecule has 0 atom stereocenters. The third-order valence-electron chi connectivity index (χ3n) is 18.0. The van der Waals surface area contributed by atoms with Gasteiger partial charge < -0.3 is 9.97 Å². The van der Waals surface area contributed by atoms with Gasteiger partial charge in [-0.05, 0) is 243 Å². The maximum absolute atomic E-state index is 6.70. The minimum atomic E-state index is 0. The van der Waals surface area contributed by atoms with Crippen molar-refractivity contribution < 1.29 is 19.5 Å². The van der Waals surface area contributed by atoms with Crippen LogP contribution in [0.15, 0.2) is 217 Å². The van der Waals surface area contributed by atoms with Crippen LogP contribution in [0.1, 0.15) is 50.4 Å². The normalized spacial score (nSPS) is 14.0. The summed E-state index contributed by atoms with van der Waals surface area (Å²) < 4.78 is 14.7. The van der Waals surface area contributed by atoms with E-state index in [1.807, 2.05) is 136 Å². The van der Waals surface area contributed by atoms with Gasteiger partial charge in [0.2, 0.25) is 0 Å². The standard InChI is InChI=1S/C80H60N4S24.Zn/c1-85-49-25-13-37(97-49)61-62(38-14-26-50(86-2)98-38)74-70(46-22-34-58(94-10)106-46)76-65(41-17-29-53(89-5)101-41)66(42-18-30-54(90-6)102-42)78(83-76)72(48-24-36-60(96-12)108-48)80-68(44-20-32-56(92-8)104-44)67(43-19-31-55(91-7)103-43)79(84-80)71(47-23-35-59(95-11)107-47)77-64(40-16-28-52(88-4)100-40)63(39-15-27-51(87-3)99-39)75(82-77)69(73(61)81-74)45-21-33-57(93-9)105-45;/h13-36H,1-12H3;/q-2;+2. The second-order valence-corrected chi connectivity index (χ2v) is 49.9. The molecule has 0 saturated heterocycles. The van der Waals surface area contributed by atoms with E-state index >= 15 is 0 Å². The first-order valence-electron chi connectivity index (χ1n) is 33.0. The summed E-state index contributed by atoms with van der Waals surface area (Å²) in [6.07, 6.45) is 26.5. The molecule has 0 spiro atoms. The minimum Gasteiger partial charge on any atom is -0.656 e. The smallest absolute Gasteiger partial charge is 0.656 e. The van der Waals surface area contributed by atoms with E-state index in [1.165, 1.54) is 50.5 Å². The number of thiophene rings is 12. The van der Waals surface area contributed by atoms with Gasteiger partial charge in [-0.2, -0.15) is 0 Å². The molecule has 14 aromatic heterocycles. The fourth-order valence-corrected chi connectivity index (χ4v) is 32.5. The molecule has 109 heavy (non-hydrogen) atoms. The van der Waals surface area contributed by atoms with Crippen molar-refractivity contribution in [3.63, 3.8) is 0 Å². The van der Waals surface area contributed by atoms with Crippen LogP contribution in [0.5, 0.6) is 0 Å². The third-order valence-corrected chi connectivity index (χ3v) is 44.3. The SMILES string of the molecule is CSc1ccc(C2=C(c3ccc(SC)s3)C3=C(c4ccc(SC)s4)c4[n-]c(c(-c5ccc(SC)s5)c4-c4ccc(SC)s4)C(c4ccc(SC)s4)=C4N=C(C(c5ccc(SC)s5)=C4c4ccc(SC)s4)C(c4ccc(SC)s4)=c4[n-]c(c(-c5ccc(SC)s5)c4-c4ccc(SC)s4)=C(c4ccc(SC)s4)C2=N3)s1.[Zn+2]. The Kier molecular flexibility index (Phi) is 26.0. The van der Waals surface area contributed by atoms with Crippen LogP contribution in [0.4, 0.5) is 0 Å². The van der Waals surface area contributed by atoms with Crippen molar-refractivity contribution in [2.75, 3.05) is 75.1 Å². The largest absolute Gasteiger partial charge is 2.00 e. The van der Waals surface area contributed by atoms with Crippen molar-refractivity contribution in [1.29, 1.82) is 0 Å². The Balaban J connectivity index is 0.00000904. The first-order valence-corrected chi connectivity index (χ1v) is 57.5. The molecule has 0 N–H and O–H groups in total. The molecule has 16 heterocycles. The van der Waals surface area contributed by atoms with Crippen LogP contribution >= 0.6 is 277 Å². The Labute approximate surface area is 747 Å².